The van der Waals surface area contributed by atoms with E-state index in [1.807, 2.05) is 12.4 Å². The van der Waals surface area contributed by atoms with E-state index in [1.165, 1.54) is 11.8 Å². The number of nitriles is 1. The number of carbonyl (C=O) groups excluding carboxylic acids is 1. The van der Waals surface area contributed by atoms with Gasteiger partial charge in [-0.1, -0.05) is 23.2 Å². The second-order valence-electron chi connectivity index (χ2n) is 4.83. The molecule has 2 rings (SSSR count). The molecule has 1 heterocycles. The van der Waals surface area contributed by atoms with Crippen LogP contribution in [0.2, 0.25) is 10.0 Å². The summed E-state index contributed by atoms with van der Waals surface area (Å²) < 4.78 is 0. The fraction of sp³-hybridized carbons (Fsp3) is 0.429. The largest absolute Gasteiger partial charge is 0.356 e. The maximum atomic E-state index is 12.5. The molecule has 1 aliphatic rings. The number of hydrogen-bond acceptors (Lipinski definition) is 5. The Bertz CT molecular complexity index is 576. The van der Waals surface area contributed by atoms with Gasteiger partial charge >= 0.3 is 0 Å². The normalized spacial score (nSPS) is 15.3. The van der Waals surface area contributed by atoms with Gasteiger partial charge in [-0.15, -0.1) is 11.8 Å². The van der Waals surface area contributed by atoms with Crippen LogP contribution in [0, 0.1) is 11.5 Å². The van der Waals surface area contributed by atoms with Crippen LogP contribution in [-0.2, 0) is 0 Å². The minimum atomic E-state index is -0.294. The number of thioether (sulfide) groups is 1. The van der Waals surface area contributed by atoms with Gasteiger partial charge < -0.3 is 10.2 Å². The highest BCUT2D eigenvalue weighted by Crippen LogP contribution is 2.31. The van der Waals surface area contributed by atoms with Gasteiger partial charge in [0, 0.05) is 18.8 Å². The van der Waals surface area contributed by atoms with E-state index in [1.54, 1.807) is 17.0 Å². The second-order valence-corrected chi connectivity index (χ2v) is 6.59. The quantitative estimate of drug-likeness (QED) is 0.479. The van der Waals surface area contributed by atoms with Gasteiger partial charge in [-0.25, -0.2) is 0 Å². The predicted molar refractivity (Wildman–Crippen MR) is 91.3 cm³/mol. The van der Waals surface area contributed by atoms with Crippen molar-refractivity contribution in [3.63, 3.8) is 0 Å². The molecule has 8 heteroatoms. The number of rotatable bonds is 5. The van der Waals surface area contributed by atoms with Crippen molar-refractivity contribution in [1.82, 2.24) is 10.2 Å². The highest BCUT2D eigenvalue weighted by molar-refractivity contribution is 7.99. The SMILES string of the molecule is CSC(NC#N)Nc1cc(Cl)c(C(=O)N2CCCC2)c(Cl)c1. The van der Waals surface area contributed by atoms with Crippen molar-refractivity contribution in [3.8, 4) is 6.19 Å². The molecule has 1 amide bonds. The molecule has 1 aromatic rings. The van der Waals surface area contributed by atoms with Crippen molar-refractivity contribution < 1.29 is 4.79 Å². The van der Waals surface area contributed by atoms with Crippen LogP contribution in [0.25, 0.3) is 0 Å². The predicted octanol–water partition coefficient (Wildman–Crippen LogP) is 3.36. The lowest BCUT2D eigenvalue weighted by Gasteiger charge is -2.20. The molecule has 0 spiro atoms. The molecule has 1 fully saturated rings. The van der Waals surface area contributed by atoms with E-state index in [9.17, 15) is 4.79 Å². The van der Waals surface area contributed by atoms with E-state index in [2.05, 4.69) is 10.6 Å². The summed E-state index contributed by atoms with van der Waals surface area (Å²) in [5.74, 6) is -0.129. The first-order valence-corrected chi connectivity index (χ1v) is 8.83. The fourth-order valence-electron chi connectivity index (χ4n) is 2.30. The molecule has 0 bridgehead atoms. The summed E-state index contributed by atoms with van der Waals surface area (Å²) in [6, 6.07) is 3.30. The summed E-state index contributed by atoms with van der Waals surface area (Å²) in [5, 5.41) is 15.0. The fourth-order valence-corrected chi connectivity index (χ4v) is 3.38. The number of likely N-dealkylation sites (tertiary alicyclic amines) is 1. The Hall–Kier alpha value is -1.29. The molecule has 1 aliphatic heterocycles. The summed E-state index contributed by atoms with van der Waals surface area (Å²) in [5.41, 5.74) is 0.692. The highest BCUT2D eigenvalue weighted by atomic mass is 35.5. The van der Waals surface area contributed by atoms with Crippen LogP contribution in [0.1, 0.15) is 23.2 Å². The zero-order valence-electron chi connectivity index (χ0n) is 12.0. The third-order valence-electron chi connectivity index (χ3n) is 3.38. The lowest BCUT2D eigenvalue weighted by molar-refractivity contribution is 0.0793. The molecular weight excluding hydrogens is 343 g/mol. The number of halogens is 2. The molecule has 2 N–H and O–H groups in total. The third-order valence-corrected chi connectivity index (χ3v) is 4.68. The molecule has 5 nitrogen and oxygen atoms in total. The molecule has 1 unspecified atom stereocenters. The van der Waals surface area contributed by atoms with Gasteiger partial charge in [0.15, 0.2) is 11.7 Å². The number of carbonyl (C=O) groups is 1. The molecule has 22 heavy (non-hydrogen) atoms. The monoisotopic (exact) mass is 358 g/mol. The second kappa shape index (κ2) is 7.82. The van der Waals surface area contributed by atoms with Gasteiger partial charge in [0.2, 0.25) is 0 Å². The van der Waals surface area contributed by atoms with Crippen LogP contribution < -0.4 is 10.6 Å². The zero-order valence-corrected chi connectivity index (χ0v) is 14.4. The Morgan fingerprint density at radius 2 is 1.95 bits per heavy atom. The number of benzene rings is 1. The minimum Gasteiger partial charge on any atom is -0.356 e. The maximum Gasteiger partial charge on any atom is 0.256 e. The van der Waals surface area contributed by atoms with Crippen molar-refractivity contribution in [2.45, 2.75) is 18.3 Å². The number of hydrogen-bond donors (Lipinski definition) is 2. The van der Waals surface area contributed by atoms with Gasteiger partial charge in [0.05, 0.1) is 15.6 Å². The molecule has 118 valence electrons. The smallest absolute Gasteiger partial charge is 0.256 e. The van der Waals surface area contributed by atoms with E-state index < -0.39 is 0 Å². The molecule has 0 radical (unpaired) electrons. The number of anilines is 1. The van der Waals surface area contributed by atoms with Crippen LogP contribution in [-0.4, -0.2) is 35.7 Å². The molecule has 0 aliphatic carbocycles. The molecule has 0 aromatic heterocycles. The van der Waals surface area contributed by atoms with Crippen molar-refractivity contribution in [3.05, 3.63) is 27.7 Å². The lowest BCUT2D eigenvalue weighted by Crippen LogP contribution is -2.30. The number of nitrogens with zero attached hydrogens (tertiary/aromatic N) is 2. The average molecular weight is 359 g/mol. The molecule has 1 aromatic carbocycles. The molecule has 1 atom stereocenters. The first-order valence-electron chi connectivity index (χ1n) is 6.79. The molecular formula is C14H16Cl2N4OS. The number of nitrogens with one attached hydrogen (secondary N) is 2. The first kappa shape index (κ1) is 17.1. The number of amides is 1. The summed E-state index contributed by atoms with van der Waals surface area (Å²) in [4.78, 5) is 14.2. The van der Waals surface area contributed by atoms with Gasteiger partial charge in [0.1, 0.15) is 0 Å². The molecule has 0 saturated carbocycles. The topological polar surface area (TPSA) is 68.2 Å². The summed E-state index contributed by atoms with van der Waals surface area (Å²) in [6.45, 7) is 1.48. The Morgan fingerprint density at radius 1 is 1.36 bits per heavy atom. The van der Waals surface area contributed by atoms with E-state index in [4.69, 9.17) is 28.5 Å². The van der Waals surface area contributed by atoms with E-state index in [-0.39, 0.29) is 11.4 Å². The van der Waals surface area contributed by atoms with Crippen LogP contribution in [0.5, 0.6) is 0 Å². The van der Waals surface area contributed by atoms with Crippen molar-refractivity contribution in [2.24, 2.45) is 0 Å². The van der Waals surface area contributed by atoms with Crippen molar-refractivity contribution in [1.29, 1.82) is 5.26 Å². The van der Waals surface area contributed by atoms with E-state index in [0.29, 0.717) is 21.3 Å². The Morgan fingerprint density at radius 3 is 2.45 bits per heavy atom. The average Bonchev–Trinajstić information content (AvgIpc) is 3.00. The van der Waals surface area contributed by atoms with Crippen LogP contribution >= 0.6 is 35.0 Å². The lowest BCUT2D eigenvalue weighted by atomic mass is 10.1. The Labute approximate surface area is 143 Å². The first-order chi connectivity index (χ1) is 10.6. The van der Waals surface area contributed by atoms with Crippen LogP contribution in [0.3, 0.4) is 0 Å². The molecule has 1 saturated heterocycles. The summed E-state index contributed by atoms with van der Waals surface area (Å²) >= 11 is 13.9. The van der Waals surface area contributed by atoms with Crippen molar-refractivity contribution in [2.75, 3.05) is 24.7 Å². The van der Waals surface area contributed by atoms with Crippen LogP contribution in [0.4, 0.5) is 5.69 Å². The summed E-state index contributed by atoms with van der Waals surface area (Å²) in [7, 11) is 0. The van der Waals surface area contributed by atoms with Crippen LogP contribution in [0.15, 0.2) is 12.1 Å². The summed E-state index contributed by atoms with van der Waals surface area (Å²) in [6.07, 6.45) is 5.75. The maximum absolute atomic E-state index is 12.5. The third kappa shape index (κ3) is 3.92. The van der Waals surface area contributed by atoms with Crippen molar-refractivity contribution >= 4 is 46.6 Å². The Balaban J connectivity index is 2.21. The minimum absolute atomic E-state index is 0.129. The van der Waals surface area contributed by atoms with E-state index >= 15 is 0 Å². The zero-order chi connectivity index (χ0) is 16.1. The Kier molecular flexibility index (Phi) is 6.07. The van der Waals surface area contributed by atoms with Gasteiger partial charge in [-0.3, -0.25) is 10.1 Å². The van der Waals surface area contributed by atoms with Gasteiger partial charge in [-0.05, 0) is 31.2 Å². The standard InChI is InChI=1S/C14H16Cl2N4OS/c1-22-14(18-8-17)19-9-6-10(15)12(11(16)7-9)13(21)20-4-2-3-5-20/h6-7,14,18-19H,2-5H2,1H3. The van der Waals surface area contributed by atoms with Gasteiger partial charge in [-0.2, -0.15) is 5.26 Å². The van der Waals surface area contributed by atoms with Gasteiger partial charge in [0.25, 0.3) is 5.91 Å². The van der Waals surface area contributed by atoms with E-state index in [0.717, 1.165) is 25.9 Å². The highest BCUT2D eigenvalue weighted by Gasteiger charge is 2.24.